The van der Waals surface area contributed by atoms with E-state index in [9.17, 15) is 14.4 Å². The molecule has 0 spiro atoms. The number of carbonyl (C=O) groups is 3. The predicted molar refractivity (Wildman–Crippen MR) is 114 cm³/mol. The van der Waals surface area contributed by atoms with Crippen LogP contribution in [-0.4, -0.2) is 30.1 Å². The highest BCUT2D eigenvalue weighted by Crippen LogP contribution is 2.30. The number of ether oxygens (including phenoxy) is 1. The zero-order valence-electron chi connectivity index (χ0n) is 17.6. The summed E-state index contributed by atoms with van der Waals surface area (Å²) in [4.78, 5) is 35.7. The first-order valence-corrected chi connectivity index (χ1v) is 9.98. The molecule has 0 unspecified atom stereocenters. The van der Waals surface area contributed by atoms with Crippen molar-refractivity contribution in [1.82, 2.24) is 5.32 Å². The molecule has 0 saturated heterocycles. The van der Waals surface area contributed by atoms with E-state index in [4.69, 9.17) is 4.74 Å². The molecule has 1 saturated carbocycles. The lowest BCUT2D eigenvalue weighted by Crippen LogP contribution is -2.37. The fourth-order valence-electron chi connectivity index (χ4n) is 3.19. The summed E-state index contributed by atoms with van der Waals surface area (Å²) in [5, 5.41) is 7.91. The van der Waals surface area contributed by atoms with E-state index in [0.717, 1.165) is 18.4 Å². The summed E-state index contributed by atoms with van der Waals surface area (Å²) < 4.78 is 5.08. The maximum absolute atomic E-state index is 12.2. The highest BCUT2D eigenvalue weighted by atomic mass is 16.6. The molecule has 7 nitrogen and oxygen atoms in total. The second-order valence-corrected chi connectivity index (χ2v) is 8.34. The van der Waals surface area contributed by atoms with E-state index in [1.165, 1.54) is 12.8 Å². The number of carbonyl (C=O) groups excluding carboxylic acids is 3. The standard InChI is InChI=1S/C22H31N3O4/c1-15(16-7-5-6-8-16)13-19(26)24-17-9-11-18(12-10-17)25-20(27)14-23-21(28)29-22(2,3)4/h9-13,16H,5-8,14H2,1-4H3,(H,23,28)(H,24,26)(H,25,27)/b15-13+. The van der Waals surface area contributed by atoms with Gasteiger partial charge in [0.05, 0.1) is 0 Å². The Morgan fingerprint density at radius 1 is 1.03 bits per heavy atom. The lowest BCUT2D eigenvalue weighted by Gasteiger charge is -2.19. The van der Waals surface area contributed by atoms with Crippen molar-refractivity contribution in [2.75, 3.05) is 17.2 Å². The molecule has 0 bridgehead atoms. The Morgan fingerprint density at radius 3 is 2.14 bits per heavy atom. The summed E-state index contributed by atoms with van der Waals surface area (Å²) in [5.41, 5.74) is 1.72. The molecule has 1 fully saturated rings. The molecule has 3 N–H and O–H groups in total. The Morgan fingerprint density at radius 2 is 1.59 bits per heavy atom. The first-order valence-electron chi connectivity index (χ1n) is 9.98. The molecule has 1 aliphatic rings. The minimum atomic E-state index is -0.647. The van der Waals surface area contributed by atoms with E-state index < -0.39 is 11.7 Å². The van der Waals surface area contributed by atoms with Gasteiger partial charge in [-0.3, -0.25) is 9.59 Å². The largest absolute Gasteiger partial charge is 0.444 e. The van der Waals surface area contributed by atoms with Gasteiger partial charge in [0.2, 0.25) is 11.8 Å². The number of benzene rings is 1. The van der Waals surface area contributed by atoms with Crippen LogP contribution in [0.1, 0.15) is 53.4 Å². The van der Waals surface area contributed by atoms with Crippen LogP contribution in [-0.2, 0) is 14.3 Å². The van der Waals surface area contributed by atoms with E-state index in [2.05, 4.69) is 16.0 Å². The topological polar surface area (TPSA) is 96.5 Å². The van der Waals surface area contributed by atoms with Crippen LogP contribution in [0.3, 0.4) is 0 Å². The molecular weight excluding hydrogens is 370 g/mol. The maximum Gasteiger partial charge on any atom is 0.408 e. The van der Waals surface area contributed by atoms with Crippen LogP contribution in [0.5, 0.6) is 0 Å². The van der Waals surface area contributed by atoms with Gasteiger partial charge < -0.3 is 20.7 Å². The van der Waals surface area contributed by atoms with Crippen LogP contribution in [0.2, 0.25) is 0 Å². The van der Waals surface area contributed by atoms with E-state index in [-0.39, 0.29) is 18.4 Å². The number of amides is 3. The average Bonchev–Trinajstić information content (AvgIpc) is 3.15. The first-order chi connectivity index (χ1) is 13.6. The Hall–Kier alpha value is -2.83. The molecule has 1 aromatic rings. The zero-order chi connectivity index (χ0) is 21.4. The highest BCUT2D eigenvalue weighted by molar-refractivity contribution is 6.00. The van der Waals surface area contributed by atoms with E-state index in [0.29, 0.717) is 17.3 Å². The van der Waals surface area contributed by atoms with Crippen LogP contribution in [0, 0.1) is 5.92 Å². The summed E-state index contributed by atoms with van der Waals surface area (Å²) in [6.45, 7) is 7.06. The van der Waals surface area contributed by atoms with Crippen LogP contribution >= 0.6 is 0 Å². The van der Waals surface area contributed by atoms with Gasteiger partial charge in [-0.1, -0.05) is 18.4 Å². The van der Waals surface area contributed by atoms with Gasteiger partial charge in [-0.05, 0) is 70.7 Å². The van der Waals surface area contributed by atoms with Crippen molar-refractivity contribution in [2.45, 2.75) is 59.0 Å². The van der Waals surface area contributed by atoms with E-state index in [1.54, 1.807) is 51.1 Å². The monoisotopic (exact) mass is 401 g/mol. The third kappa shape index (κ3) is 8.37. The summed E-state index contributed by atoms with van der Waals surface area (Å²) in [6, 6.07) is 6.81. The number of allylic oxidation sites excluding steroid dienone is 1. The molecule has 0 radical (unpaired) electrons. The number of hydrogen-bond acceptors (Lipinski definition) is 4. The molecule has 2 rings (SSSR count). The van der Waals surface area contributed by atoms with Gasteiger partial charge in [0, 0.05) is 17.5 Å². The molecule has 158 valence electrons. The normalized spacial score (nSPS) is 15.0. The first kappa shape index (κ1) is 22.5. The van der Waals surface area contributed by atoms with Gasteiger partial charge in [0.25, 0.3) is 0 Å². The average molecular weight is 402 g/mol. The Labute approximate surface area is 172 Å². The van der Waals surface area contributed by atoms with Crippen molar-refractivity contribution < 1.29 is 19.1 Å². The quantitative estimate of drug-likeness (QED) is 0.622. The number of alkyl carbamates (subject to hydrolysis) is 1. The van der Waals surface area contributed by atoms with Crippen molar-refractivity contribution in [3.63, 3.8) is 0 Å². The third-order valence-corrected chi connectivity index (χ3v) is 4.59. The van der Waals surface area contributed by atoms with Crippen molar-refractivity contribution >= 4 is 29.3 Å². The van der Waals surface area contributed by atoms with E-state index >= 15 is 0 Å². The number of anilines is 2. The van der Waals surface area contributed by atoms with Crippen LogP contribution in [0.15, 0.2) is 35.9 Å². The second kappa shape index (κ2) is 10.1. The van der Waals surface area contributed by atoms with Crippen molar-refractivity contribution in [3.05, 3.63) is 35.9 Å². The zero-order valence-corrected chi connectivity index (χ0v) is 17.6. The molecule has 29 heavy (non-hydrogen) atoms. The summed E-state index contributed by atoms with van der Waals surface area (Å²) in [6.07, 6.45) is 5.82. The lowest BCUT2D eigenvalue weighted by molar-refractivity contribution is -0.115. The molecule has 1 aromatic carbocycles. The Balaban J connectivity index is 1.79. The van der Waals surface area contributed by atoms with E-state index in [1.807, 2.05) is 6.92 Å². The minimum absolute atomic E-state index is 0.146. The van der Waals surface area contributed by atoms with Gasteiger partial charge >= 0.3 is 6.09 Å². The minimum Gasteiger partial charge on any atom is -0.444 e. The SMILES string of the molecule is C/C(=C\C(=O)Nc1ccc(NC(=O)CNC(=O)OC(C)(C)C)cc1)C1CCCC1. The Bertz CT molecular complexity index is 757. The maximum atomic E-state index is 12.2. The lowest BCUT2D eigenvalue weighted by atomic mass is 9.99. The van der Waals surface area contributed by atoms with Gasteiger partial charge in [-0.25, -0.2) is 4.79 Å². The van der Waals surface area contributed by atoms with Crippen molar-refractivity contribution in [3.8, 4) is 0 Å². The smallest absolute Gasteiger partial charge is 0.408 e. The molecule has 7 heteroatoms. The molecular formula is C22H31N3O4. The van der Waals surface area contributed by atoms with Crippen LogP contribution in [0.4, 0.5) is 16.2 Å². The molecule has 3 amide bonds. The predicted octanol–water partition coefficient (Wildman–Crippen LogP) is 4.22. The summed E-state index contributed by atoms with van der Waals surface area (Å²) >= 11 is 0. The molecule has 0 aromatic heterocycles. The van der Waals surface area contributed by atoms with Gasteiger partial charge in [0.15, 0.2) is 0 Å². The molecule has 1 aliphatic carbocycles. The van der Waals surface area contributed by atoms with Crippen LogP contribution < -0.4 is 16.0 Å². The van der Waals surface area contributed by atoms with Gasteiger partial charge in [-0.15, -0.1) is 0 Å². The molecule has 0 atom stereocenters. The van der Waals surface area contributed by atoms with Crippen molar-refractivity contribution in [2.24, 2.45) is 5.92 Å². The summed E-state index contributed by atoms with van der Waals surface area (Å²) in [5.74, 6) is 0.00291. The Kier molecular flexibility index (Phi) is 7.82. The fraction of sp³-hybridized carbons (Fsp3) is 0.500. The fourth-order valence-corrected chi connectivity index (χ4v) is 3.19. The number of hydrogen-bond donors (Lipinski definition) is 3. The summed E-state index contributed by atoms with van der Waals surface area (Å²) in [7, 11) is 0. The second-order valence-electron chi connectivity index (χ2n) is 8.34. The highest BCUT2D eigenvalue weighted by Gasteiger charge is 2.18. The van der Waals surface area contributed by atoms with Gasteiger partial charge in [0.1, 0.15) is 12.1 Å². The van der Waals surface area contributed by atoms with Gasteiger partial charge in [-0.2, -0.15) is 0 Å². The molecule has 0 heterocycles. The van der Waals surface area contributed by atoms with Crippen LogP contribution in [0.25, 0.3) is 0 Å². The number of rotatable bonds is 6. The third-order valence-electron chi connectivity index (χ3n) is 4.59. The molecule has 0 aliphatic heterocycles. The van der Waals surface area contributed by atoms with Crippen molar-refractivity contribution in [1.29, 1.82) is 0 Å². The number of nitrogens with one attached hydrogen (secondary N) is 3.